The molecule has 2 rings (SSSR count). The summed E-state index contributed by atoms with van der Waals surface area (Å²) >= 11 is 5.81. The van der Waals surface area contributed by atoms with E-state index in [1.807, 2.05) is 0 Å². The number of carbonyl (C=O) groups is 1. The van der Waals surface area contributed by atoms with Crippen molar-refractivity contribution in [3.63, 3.8) is 0 Å². The maximum atomic E-state index is 12.4. The molecule has 0 fully saturated rings. The van der Waals surface area contributed by atoms with E-state index in [0.717, 1.165) is 0 Å². The highest BCUT2D eigenvalue weighted by Gasteiger charge is 2.22. The van der Waals surface area contributed by atoms with Crippen LogP contribution in [0.15, 0.2) is 53.4 Å². The molecule has 2 aromatic carbocycles. The summed E-state index contributed by atoms with van der Waals surface area (Å²) in [6.07, 6.45) is 0. The summed E-state index contributed by atoms with van der Waals surface area (Å²) in [6, 6.07) is 13.5. The maximum Gasteiger partial charge on any atom is 0.178 e. The second-order valence-corrected chi connectivity index (χ2v) is 6.70. The van der Waals surface area contributed by atoms with Crippen molar-refractivity contribution in [2.45, 2.75) is 17.1 Å². The summed E-state index contributed by atoms with van der Waals surface area (Å²) in [5, 5.41) is -0.0514. The third kappa shape index (κ3) is 3.71. The molecule has 21 heavy (non-hydrogen) atoms. The van der Waals surface area contributed by atoms with Gasteiger partial charge in [0.15, 0.2) is 5.78 Å². The average molecular weight is 323 g/mol. The topological polar surface area (TPSA) is 43.4 Å². The summed E-state index contributed by atoms with van der Waals surface area (Å²) in [5.74, 6) is 0.518. The number of Topliss-reactive ketones (excluding diaryl/α,β-unsaturated/α-hetero) is 1. The first-order chi connectivity index (χ1) is 10.0. The van der Waals surface area contributed by atoms with Crippen molar-refractivity contribution >= 4 is 28.2 Å². The van der Waals surface area contributed by atoms with Crippen LogP contribution in [0.25, 0.3) is 0 Å². The largest absolute Gasteiger partial charge is 0.497 e. The van der Waals surface area contributed by atoms with Gasteiger partial charge >= 0.3 is 0 Å². The van der Waals surface area contributed by atoms with E-state index >= 15 is 0 Å². The molecule has 0 aromatic heterocycles. The van der Waals surface area contributed by atoms with Gasteiger partial charge < -0.3 is 4.74 Å². The Hall–Kier alpha value is -1.65. The van der Waals surface area contributed by atoms with Gasteiger partial charge in [-0.1, -0.05) is 11.6 Å². The molecule has 3 nitrogen and oxygen atoms in total. The number of rotatable bonds is 5. The zero-order valence-corrected chi connectivity index (χ0v) is 13.3. The number of halogens is 1. The molecular weight excluding hydrogens is 308 g/mol. The first kappa shape index (κ1) is 15.7. The van der Waals surface area contributed by atoms with Gasteiger partial charge in [-0.05, 0) is 55.5 Å². The normalized spacial score (nSPS) is 13.5. The van der Waals surface area contributed by atoms with Crippen LogP contribution in [0.2, 0.25) is 5.02 Å². The van der Waals surface area contributed by atoms with E-state index in [9.17, 15) is 9.00 Å². The summed E-state index contributed by atoms with van der Waals surface area (Å²) < 4.78 is 17.5. The zero-order chi connectivity index (χ0) is 15.4. The maximum absolute atomic E-state index is 12.4. The molecule has 0 bridgehead atoms. The van der Waals surface area contributed by atoms with Gasteiger partial charge in [0.05, 0.1) is 23.2 Å². The molecule has 0 radical (unpaired) electrons. The highest BCUT2D eigenvalue weighted by Crippen LogP contribution is 2.19. The Morgan fingerprint density at radius 1 is 1.10 bits per heavy atom. The average Bonchev–Trinajstić information content (AvgIpc) is 2.53. The van der Waals surface area contributed by atoms with E-state index in [4.69, 9.17) is 16.3 Å². The standard InChI is InChI=1S/C16H15ClO3S/c1-11(21(19)15-9-5-13(17)6-10-15)16(18)12-3-7-14(20-2)8-4-12/h3-11H,1-2H3. The van der Waals surface area contributed by atoms with Crippen molar-refractivity contribution in [2.75, 3.05) is 7.11 Å². The first-order valence-corrected chi connectivity index (χ1v) is 7.96. The second kappa shape index (κ2) is 6.87. The molecule has 0 heterocycles. The second-order valence-electron chi connectivity index (χ2n) is 4.49. The van der Waals surface area contributed by atoms with E-state index in [2.05, 4.69) is 0 Å². The Morgan fingerprint density at radius 3 is 2.19 bits per heavy atom. The molecule has 0 aliphatic heterocycles. The third-order valence-electron chi connectivity index (χ3n) is 3.11. The number of carbonyl (C=O) groups excluding carboxylic acids is 1. The van der Waals surface area contributed by atoms with Crippen molar-refractivity contribution < 1.29 is 13.7 Å². The van der Waals surface area contributed by atoms with Gasteiger partial charge in [0, 0.05) is 15.5 Å². The molecule has 0 N–H and O–H groups in total. The fourth-order valence-electron chi connectivity index (χ4n) is 1.86. The van der Waals surface area contributed by atoms with E-state index in [-0.39, 0.29) is 5.78 Å². The summed E-state index contributed by atoms with van der Waals surface area (Å²) in [7, 11) is 0.151. The van der Waals surface area contributed by atoms with Crippen LogP contribution in [0.4, 0.5) is 0 Å². The van der Waals surface area contributed by atoms with Crippen molar-refractivity contribution in [2.24, 2.45) is 0 Å². The zero-order valence-electron chi connectivity index (χ0n) is 11.7. The Morgan fingerprint density at radius 2 is 1.67 bits per heavy atom. The molecule has 0 saturated heterocycles. The predicted octanol–water partition coefficient (Wildman–Crippen LogP) is 3.73. The number of ketones is 1. The fourth-order valence-corrected chi connectivity index (χ4v) is 3.13. The lowest BCUT2D eigenvalue weighted by atomic mass is 10.1. The van der Waals surface area contributed by atoms with Crippen LogP contribution in [-0.4, -0.2) is 22.4 Å². The van der Waals surface area contributed by atoms with E-state index in [0.29, 0.717) is 21.2 Å². The van der Waals surface area contributed by atoms with Gasteiger partial charge in [0.1, 0.15) is 5.75 Å². The number of hydrogen-bond donors (Lipinski definition) is 0. The molecule has 0 spiro atoms. The van der Waals surface area contributed by atoms with Crippen LogP contribution in [0, 0.1) is 0 Å². The van der Waals surface area contributed by atoms with Crippen molar-refractivity contribution in [1.82, 2.24) is 0 Å². The molecule has 2 atom stereocenters. The Bertz CT molecular complexity index is 650. The minimum Gasteiger partial charge on any atom is -0.497 e. The van der Waals surface area contributed by atoms with E-state index in [1.54, 1.807) is 62.6 Å². The monoisotopic (exact) mass is 322 g/mol. The van der Waals surface area contributed by atoms with Crippen LogP contribution >= 0.6 is 11.6 Å². The van der Waals surface area contributed by atoms with Crippen LogP contribution in [-0.2, 0) is 10.8 Å². The lowest BCUT2D eigenvalue weighted by molar-refractivity contribution is 0.0992. The number of benzene rings is 2. The fraction of sp³-hybridized carbons (Fsp3) is 0.188. The quantitative estimate of drug-likeness (QED) is 0.788. The highest BCUT2D eigenvalue weighted by atomic mass is 35.5. The molecule has 0 aliphatic carbocycles. The molecule has 2 unspecified atom stereocenters. The molecule has 110 valence electrons. The van der Waals surface area contributed by atoms with Gasteiger partial charge in [-0.3, -0.25) is 9.00 Å². The summed E-state index contributed by atoms with van der Waals surface area (Å²) in [5.41, 5.74) is 0.519. The van der Waals surface area contributed by atoms with Crippen LogP contribution in [0.3, 0.4) is 0 Å². The molecule has 0 amide bonds. The Labute approximate surface area is 131 Å². The van der Waals surface area contributed by atoms with Crippen LogP contribution in [0.1, 0.15) is 17.3 Å². The van der Waals surface area contributed by atoms with Crippen molar-refractivity contribution in [1.29, 1.82) is 0 Å². The molecule has 0 saturated carbocycles. The lowest BCUT2D eigenvalue weighted by Crippen LogP contribution is -2.22. The van der Waals surface area contributed by atoms with Gasteiger partial charge in [0.25, 0.3) is 0 Å². The summed E-state index contributed by atoms with van der Waals surface area (Å²) in [6.45, 7) is 1.66. The Balaban J connectivity index is 2.17. The number of ether oxygens (including phenoxy) is 1. The van der Waals surface area contributed by atoms with Gasteiger partial charge in [0.2, 0.25) is 0 Å². The van der Waals surface area contributed by atoms with Gasteiger partial charge in [-0.15, -0.1) is 0 Å². The third-order valence-corrected chi connectivity index (χ3v) is 4.96. The highest BCUT2D eigenvalue weighted by molar-refractivity contribution is 7.86. The van der Waals surface area contributed by atoms with Gasteiger partial charge in [-0.2, -0.15) is 0 Å². The predicted molar refractivity (Wildman–Crippen MR) is 84.6 cm³/mol. The molecular formula is C16H15ClO3S. The van der Waals surface area contributed by atoms with E-state index < -0.39 is 16.0 Å². The minimum atomic E-state index is -1.41. The van der Waals surface area contributed by atoms with Gasteiger partial charge in [-0.25, -0.2) is 0 Å². The molecule has 0 aliphatic rings. The minimum absolute atomic E-state index is 0.161. The summed E-state index contributed by atoms with van der Waals surface area (Å²) in [4.78, 5) is 13.0. The lowest BCUT2D eigenvalue weighted by Gasteiger charge is -2.11. The molecule has 5 heteroatoms. The smallest absolute Gasteiger partial charge is 0.178 e. The molecule has 2 aromatic rings. The number of hydrogen-bond acceptors (Lipinski definition) is 3. The van der Waals surface area contributed by atoms with E-state index in [1.165, 1.54) is 0 Å². The first-order valence-electron chi connectivity index (χ1n) is 6.37. The SMILES string of the molecule is COc1ccc(C(=O)C(C)S(=O)c2ccc(Cl)cc2)cc1. The van der Waals surface area contributed by atoms with Crippen molar-refractivity contribution in [3.05, 3.63) is 59.1 Å². The Kier molecular flexibility index (Phi) is 5.15. The van der Waals surface area contributed by atoms with Crippen LogP contribution in [0.5, 0.6) is 5.75 Å². The number of methoxy groups -OCH3 is 1. The van der Waals surface area contributed by atoms with Crippen LogP contribution < -0.4 is 4.74 Å². The van der Waals surface area contributed by atoms with Crippen molar-refractivity contribution in [3.8, 4) is 5.75 Å².